The average molecular weight is 332 g/mol. The summed E-state index contributed by atoms with van der Waals surface area (Å²) in [6.07, 6.45) is 0.748. The molecule has 1 aromatic rings. The molecular weight excluding hydrogens is 308 g/mol. The van der Waals surface area contributed by atoms with Crippen molar-refractivity contribution in [1.82, 2.24) is 9.80 Å². The van der Waals surface area contributed by atoms with E-state index in [9.17, 15) is 9.59 Å². The average Bonchev–Trinajstić information content (AvgIpc) is 2.85. The molecule has 1 aliphatic heterocycles. The van der Waals surface area contributed by atoms with Crippen LogP contribution in [0.4, 0.5) is 0 Å². The fraction of sp³-hybridized carbons (Fsp3) is 0.444. The van der Waals surface area contributed by atoms with Crippen molar-refractivity contribution in [3.8, 4) is 11.5 Å². The zero-order chi connectivity index (χ0) is 17.7. The van der Waals surface area contributed by atoms with Crippen LogP contribution < -0.4 is 9.47 Å². The first-order valence-electron chi connectivity index (χ1n) is 7.94. The Morgan fingerprint density at radius 2 is 1.62 bits per heavy atom. The second-order valence-corrected chi connectivity index (χ2v) is 5.79. The Labute approximate surface area is 142 Å². The number of hydrogen-bond acceptors (Lipinski definition) is 4. The van der Waals surface area contributed by atoms with Crippen molar-refractivity contribution in [2.75, 3.05) is 40.4 Å². The molecule has 0 saturated carbocycles. The van der Waals surface area contributed by atoms with E-state index < -0.39 is 0 Å². The Kier molecular flexibility index (Phi) is 5.84. The first-order valence-corrected chi connectivity index (χ1v) is 7.94. The van der Waals surface area contributed by atoms with Gasteiger partial charge in [0.15, 0.2) is 11.5 Å². The molecule has 2 amide bonds. The van der Waals surface area contributed by atoms with Crippen molar-refractivity contribution in [2.24, 2.45) is 0 Å². The highest BCUT2D eigenvalue weighted by Crippen LogP contribution is 2.28. The largest absolute Gasteiger partial charge is 0.493 e. The molecule has 1 fully saturated rings. The summed E-state index contributed by atoms with van der Waals surface area (Å²) in [5, 5.41) is 0. The minimum Gasteiger partial charge on any atom is -0.493 e. The van der Waals surface area contributed by atoms with E-state index in [2.05, 4.69) is 6.58 Å². The Morgan fingerprint density at radius 3 is 2.25 bits per heavy atom. The monoisotopic (exact) mass is 332 g/mol. The summed E-state index contributed by atoms with van der Waals surface area (Å²) in [6, 6.07) is 5.13. The van der Waals surface area contributed by atoms with Crippen molar-refractivity contribution in [3.63, 3.8) is 0 Å². The van der Waals surface area contributed by atoms with E-state index in [1.54, 1.807) is 49.1 Å². The summed E-state index contributed by atoms with van der Waals surface area (Å²) in [4.78, 5) is 28.3. The molecule has 0 atom stereocenters. The van der Waals surface area contributed by atoms with Gasteiger partial charge < -0.3 is 19.3 Å². The van der Waals surface area contributed by atoms with Gasteiger partial charge in [-0.05, 0) is 31.5 Å². The zero-order valence-electron chi connectivity index (χ0n) is 14.5. The van der Waals surface area contributed by atoms with Crippen LogP contribution >= 0.6 is 0 Å². The van der Waals surface area contributed by atoms with E-state index in [0.717, 1.165) is 6.42 Å². The molecule has 2 rings (SSSR count). The zero-order valence-corrected chi connectivity index (χ0v) is 14.5. The summed E-state index contributed by atoms with van der Waals surface area (Å²) in [5.74, 6) is 0.997. The van der Waals surface area contributed by atoms with Gasteiger partial charge in [0.25, 0.3) is 5.91 Å². The highest BCUT2D eigenvalue weighted by Gasteiger charge is 2.23. The van der Waals surface area contributed by atoms with Gasteiger partial charge in [-0.25, -0.2) is 0 Å². The number of carbonyl (C=O) groups excluding carboxylic acids is 2. The summed E-state index contributed by atoms with van der Waals surface area (Å²) in [7, 11) is 3.10. The van der Waals surface area contributed by atoms with E-state index in [1.165, 1.54) is 0 Å². The lowest BCUT2D eigenvalue weighted by Gasteiger charge is -2.22. The molecular formula is C18H24N2O4. The molecule has 1 aromatic carbocycles. The Bertz CT molecular complexity index is 642. The smallest absolute Gasteiger partial charge is 0.254 e. The molecule has 0 aliphatic carbocycles. The highest BCUT2D eigenvalue weighted by atomic mass is 16.5. The number of nitrogens with zero attached hydrogens (tertiary/aromatic N) is 2. The highest BCUT2D eigenvalue weighted by molar-refractivity contribution is 5.95. The molecule has 1 heterocycles. The van der Waals surface area contributed by atoms with Crippen LogP contribution in [0.3, 0.4) is 0 Å². The van der Waals surface area contributed by atoms with Gasteiger partial charge in [0.2, 0.25) is 5.91 Å². The fourth-order valence-corrected chi connectivity index (χ4v) is 2.75. The van der Waals surface area contributed by atoms with Crippen LogP contribution in [-0.2, 0) is 4.79 Å². The van der Waals surface area contributed by atoms with E-state index in [0.29, 0.717) is 48.8 Å². The molecule has 0 bridgehead atoms. The first kappa shape index (κ1) is 17.8. The lowest BCUT2D eigenvalue weighted by molar-refractivity contribution is -0.126. The van der Waals surface area contributed by atoms with Gasteiger partial charge in [0.05, 0.1) is 14.2 Å². The number of methoxy groups -OCH3 is 2. The molecule has 0 spiro atoms. The van der Waals surface area contributed by atoms with E-state index >= 15 is 0 Å². The van der Waals surface area contributed by atoms with Crippen molar-refractivity contribution >= 4 is 11.8 Å². The van der Waals surface area contributed by atoms with Crippen molar-refractivity contribution in [1.29, 1.82) is 0 Å². The molecule has 0 N–H and O–H groups in total. The van der Waals surface area contributed by atoms with Crippen molar-refractivity contribution in [2.45, 2.75) is 13.3 Å². The molecule has 1 saturated heterocycles. The second kappa shape index (κ2) is 7.86. The van der Waals surface area contributed by atoms with Gasteiger partial charge in [0, 0.05) is 37.3 Å². The van der Waals surface area contributed by atoms with Crippen LogP contribution in [0.2, 0.25) is 0 Å². The molecule has 130 valence electrons. The van der Waals surface area contributed by atoms with Crippen LogP contribution in [-0.4, -0.2) is 62.0 Å². The SMILES string of the molecule is C=C(C)C(=O)N1CCCN(C(=O)c2ccc(OC)c(OC)c2)CC1. The standard InChI is InChI=1S/C18H24N2O4/c1-13(2)17(21)19-8-5-9-20(11-10-19)18(22)14-6-7-15(23-3)16(12-14)24-4/h6-7,12H,1,5,8-11H2,2-4H3. The summed E-state index contributed by atoms with van der Waals surface area (Å²) >= 11 is 0. The maximum atomic E-state index is 12.7. The number of rotatable bonds is 4. The fourth-order valence-electron chi connectivity index (χ4n) is 2.75. The summed E-state index contributed by atoms with van der Waals surface area (Å²) < 4.78 is 10.5. The van der Waals surface area contributed by atoms with E-state index in [-0.39, 0.29) is 11.8 Å². The number of ether oxygens (including phenoxy) is 2. The molecule has 24 heavy (non-hydrogen) atoms. The van der Waals surface area contributed by atoms with Gasteiger partial charge >= 0.3 is 0 Å². The lowest BCUT2D eigenvalue weighted by Crippen LogP contribution is -2.37. The maximum Gasteiger partial charge on any atom is 0.254 e. The van der Waals surface area contributed by atoms with Crippen LogP contribution in [0.15, 0.2) is 30.4 Å². The van der Waals surface area contributed by atoms with E-state index in [4.69, 9.17) is 9.47 Å². The minimum atomic E-state index is -0.0689. The van der Waals surface area contributed by atoms with Crippen LogP contribution in [0.25, 0.3) is 0 Å². The quantitative estimate of drug-likeness (QED) is 0.791. The summed E-state index contributed by atoms with van der Waals surface area (Å²) in [6.45, 7) is 7.69. The van der Waals surface area contributed by atoms with Gasteiger partial charge in [-0.1, -0.05) is 6.58 Å². The minimum absolute atomic E-state index is 0.0459. The van der Waals surface area contributed by atoms with Crippen molar-refractivity contribution in [3.05, 3.63) is 35.9 Å². The van der Waals surface area contributed by atoms with Gasteiger partial charge in [-0.2, -0.15) is 0 Å². The lowest BCUT2D eigenvalue weighted by atomic mass is 10.1. The number of carbonyl (C=O) groups is 2. The third-order valence-electron chi connectivity index (χ3n) is 4.07. The number of hydrogen-bond donors (Lipinski definition) is 0. The maximum absolute atomic E-state index is 12.7. The Balaban J connectivity index is 2.10. The molecule has 6 nitrogen and oxygen atoms in total. The van der Waals surface area contributed by atoms with Crippen LogP contribution in [0.1, 0.15) is 23.7 Å². The Hall–Kier alpha value is -2.50. The van der Waals surface area contributed by atoms with E-state index in [1.807, 2.05) is 0 Å². The molecule has 0 radical (unpaired) electrons. The topological polar surface area (TPSA) is 59.1 Å². The van der Waals surface area contributed by atoms with Gasteiger partial charge in [-0.3, -0.25) is 9.59 Å². The van der Waals surface area contributed by atoms with Crippen LogP contribution in [0, 0.1) is 0 Å². The third-order valence-corrected chi connectivity index (χ3v) is 4.07. The Morgan fingerprint density at radius 1 is 1.00 bits per heavy atom. The number of amides is 2. The predicted molar refractivity (Wildman–Crippen MR) is 91.5 cm³/mol. The third kappa shape index (κ3) is 3.88. The normalized spacial score (nSPS) is 14.8. The first-order chi connectivity index (χ1) is 11.5. The van der Waals surface area contributed by atoms with Gasteiger partial charge in [0.1, 0.15) is 0 Å². The molecule has 0 aromatic heterocycles. The predicted octanol–water partition coefficient (Wildman–Crippen LogP) is 1.95. The summed E-state index contributed by atoms with van der Waals surface area (Å²) in [5.41, 5.74) is 1.07. The van der Waals surface area contributed by atoms with Crippen LogP contribution in [0.5, 0.6) is 11.5 Å². The van der Waals surface area contributed by atoms with Crippen molar-refractivity contribution < 1.29 is 19.1 Å². The molecule has 1 aliphatic rings. The molecule has 6 heteroatoms. The molecule has 0 unspecified atom stereocenters. The number of benzene rings is 1. The van der Waals surface area contributed by atoms with Gasteiger partial charge in [-0.15, -0.1) is 0 Å². The second-order valence-electron chi connectivity index (χ2n) is 5.79.